The van der Waals surface area contributed by atoms with Gasteiger partial charge in [-0.15, -0.1) is 0 Å². The fourth-order valence-electron chi connectivity index (χ4n) is 13.0. The molecule has 590 valence electrons. The van der Waals surface area contributed by atoms with Crippen LogP contribution in [0.15, 0.2) is 218 Å². The molecule has 0 saturated heterocycles. The molecule has 0 spiro atoms. The fraction of sp³-hybridized carbons (Fsp3) is 0.479. The second-order valence-electron chi connectivity index (χ2n) is 31.1. The quantitative estimate of drug-likeness (QED) is 0.0169. The van der Waals surface area contributed by atoms with Gasteiger partial charge in [0.05, 0.1) is 26.9 Å². The summed E-state index contributed by atoms with van der Waals surface area (Å²) in [5, 5.41) is 39.2. The molecule has 0 amide bonds. The molecule has 4 atom stereocenters. The highest BCUT2D eigenvalue weighted by molar-refractivity contribution is 6.31. The first-order valence-electron chi connectivity index (χ1n) is 40.8. The van der Waals surface area contributed by atoms with E-state index >= 15 is 0 Å². The van der Waals surface area contributed by atoms with Crippen molar-refractivity contribution < 1.29 is 14.6 Å². The molecule has 0 fully saturated rings. The lowest BCUT2D eigenvalue weighted by Crippen LogP contribution is -2.41. The number of ether oxygens (including phenoxy) is 2. The third-order valence-corrected chi connectivity index (χ3v) is 19.3. The van der Waals surface area contributed by atoms with E-state index in [2.05, 4.69) is 301 Å². The van der Waals surface area contributed by atoms with Gasteiger partial charge in [-0.2, -0.15) is 0 Å². The van der Waals surface area contributed by atoms with Gasteiger partial charge in [0.25, 0.3) is 0 Å². The lowest BCUT2D eigenvalue weighted by molar-refractivity contribution is 0.120. The number of halogens is 1. The van der Waals surface area contributed by atoms with Crippen LogP contribution >= 0.6 is 11.6 Å². The number of nitrogens with one attached hydrogen (secondary N) is 8. The second-order valence-corrected chi connectivity index (χ2v) is 31.5. The zero-order valence-corrected chi connectivity index (χ0v) is 69.1. The van der Waals surface area contributed by atoms with E-state index in [1.807, 2.05) is 42.5 Å². The van der Waals surface area contributed by atoms with Crippen LogP contribution in [0.1, 0.15) is 175 Å². The first kappa shape index (κ1) is 91.8. The molecule has 0 heterocycles. The Morgan fingerprint density at radius 2 is 0.824 bits per heavy atom. The van der Waals surface area contributed by atoms with Gasteiger partial charge >= 0.3 is 0 Å². The van der Waals surface area contributed by atoms with Crippen LogP contribution in [0.2, 0.25) is 5.02 Å². The Labute approximate surface area is 660 Å². The molecular weight excluding hydrogens is 1350 g/mol. The van der Waals surface area contributed by atoms with E-state index < -0.39 is 0 Å². The van der Waals surface area contributed by atoms with Crippen LogP contribution in [0.3, 0.4) is 0 Å². The van der Waals surface area contributed by atoms with Crippen molar-refractivity contribution in [3.63, 3.8) is 0 Å². The largest absolute Gasteiger partial charge is 0.497 e. The molecule has 0 aliphatic carbocycles. The highest BCUT2D eigenvalue weighted by Gasteiger charge is 2.15. The van der Waals surface area contributed by atoms with Crippen molar-refractivity contribution in [2.75, 3.05) is 79.2 Å². The Morgan fingerprint density at radius 3 is 1.29 bits per heavy atom. The molecule has 108 heavy (non-hydrogen) atoms. The molecule has 0 aliphatic heterocycles. The van der Waals surface area contributed by atoms with Crippen LogP contribution in [0.5, 0.6) is 5.75 Å². The van der Waals surface area contributed by atoms with E-state index in [0.717, 1.165) is 140 Å². The predicted octanol–water partition coefficient (Wildman–Crippen LogP) is 19.0. The molecule has 0 bridgehead atoms. The summed E-state index contributed by atoms with van der Waals surface area (Å²) in [5.41, 5.74) is 14.1. The third kappa shape index (κ3) is 44.1. The smallest absolute Gasteiger partial charge is 0.118 e. The summed E-state index contributed by atoms with van der Waals surface area (Å²) in [4.78, 5) is 0. The summed E-state index contributed by atoms with van der Waals surface area (Å²) in [7, 11) is 1.71. The van der Waals surface area contributed by atoms with Gasteiger partial charge in [0.1, 0.15) is 5.75 Å². The third-order valence-electron chi connectivity index (χ3n) is 18.9. The van der Waals surface area contributed by atoms with Crippen LogP contribution in [0.25, 0.3) is 6.08 Å². The van der Waals surface area contributed by atoms with E-state index in [0.29, 0.717) is 60.4 Å². The standard InChI is InChI=1S/C25H38N2O.C24H36N2O.C24H34N2O.C23H33ClN2/c1-19(2)16-24(27-17-22-6-10-23(11-7-22)20(3)4)18-26-15-14-21-8-12-25(28-5)13-9-21;1-21(2)18-24(19-25-15-9-14-22-10-5-3-6-11-22)26-16-17-27-20-23-12-7-4-8-13-23;1-20(2)17-24(26-15-6-9-21-7-4-3-5-8-21)18-25-16-14-22-10-12-23(19-27)13-11-22;1-18(2)14-22(26-16-21-12-11-19(3)15-23(21)24)17-25-13-7-10-20-8-5-4-6-9-20/h6-13,19-20,24,26-27H,14-18H2,1-5H3;3-8,10-13,21,24-26H,9,14-20H2,1-2H3;3-13,20,24-27H,14-19H2,1-2H3;4-6,8-9,11-12,15,18,22,25-26H,7,10,13-14,16-17H2,1-3H3/b;;9-6+;. The average Bonchev–Trinajstić information content (AvgIpc) is 0.901. The van der Waals surface area contributed by atoms with Crippen LogP contribution in [0, 0.1) is 30.6 Å². The minimum atomic E-state index is 0.111. The number of rotatable bonds is 49. The van der Waals surface area contributed by atoms with Gasteiger partial charge in [0.15, 0.2) is 0 Å². The van der Waals surface area contributed by atoms with Crippen molar-refractivity contribution in [2.45, 2.75) is 197 Å². The number of benzene rings is 8. The second kappa shape index (κ2) is 57.3. The van der Waals surface area contributed by atoms with Crippen molar-refractivity contribution in [2.24, 2.45) is 23.7 Å². The zero-order chi connectivity index (χ0) is 77.6. The summed E-state index contributed by atoms with van der Waals surface area (Å²) in [6, 6.07) is 76.0. The van der Waals surface area contributed by atoms with Crippen molar-refractivity contribution in [3.05, 3.63) is 285 Å². The molecule has 0 aromatic heterocycles. The van der Waals surface area contributed by atoms with Crippen molar-refractivity contribution >= 4 is 17.7 Å². The number of hydrogen-bond acceptors (Lipinski definition) is 11. The Morgan fingerprint density at radius 1 is 0.407 bits per heavy atom. The van der Waals surface area contributed by atoms with Gasteiger partial charge in [0.2, 0.25) is 0 Å². The fourth-order valence-corrected chi connectivity index (χ4v) is 13.3. The van der Waals surface area contributed by atoms with E-state index in [9.17, 15) is 0 Å². The number of hydrogen-bond donors (Lipinski definition) is 9. The molecule has 9 N–H and O–H groups in total. The van der Waals surface area contributed by atoms with Crippen LogP contribution in [-0.4, -0.2) is 108 Å². The van der Waals surface area contributed by atoms with Crippen molar-refractivity contribution in [1.82, 2.24) is 42.5 Å². The zero-order valence-electron chi connectivity index (χ0n) is 68.4. The van der Waals surface area contributed by atoms with Crippen molar-refractivity contribution in [3.8, 4) is 5.75 Å². The highest BCUT2D eigenvalue weighted by Crippen LogP contribution is 2.20. The molecule has 0 radical (unpaired) electrons. The van der Waals surface area contributed by atoms with Gasteiger partial charge in [-0.25, -0.2) is 0 Å². The summed E-state index contributed by atoms with van der Waals surface area (Å²) in [6.07, 6.45) is 15.7. The maximum absolute atomic E-state index is 9.10. The first-order chi connectivity index (χ1) is 52.4. The van der Waals surface area contributed by atoms with E-state index in [1.54, 1.807) is 7.11 Å². The highest BCUT2D eigenvalue weighted by atomic mass is 35.5. The number of aryl methyl sites for hydroxylation is 3. The maximum atomic E-state index is 9.10. The molecular formula is C96H141ClN8O3. The van der Waals surface area contributed by atoms with Gasteiger partial charge in [-0.3, -0.25) is 0 Å². The SMILES string of the molecule is CC(C)CC(CNCCCc1ccccc1)NCCOCc1ccccc1.CC(C)CC(CNCCc1ccc(CO)cc1)NC/C=C/c1ccccc1.COc1ccc(CCNCC(CC(C)C)NCc2ccc(C(C)C)cc2)cc1.Cc1ccc(CNC(CNCCCc2ccccc2)CC(C)C)c(Cl)c1. The number of aliphatic hydroxyl groups excluding tert-OH is 1. The Kier molecular flexibility index (Phi) is 48.7. The Bertz CT molecular complexity index is 3420. The molecule has 8 aromatic rings. The number of aliphatic hydroxyl groups is 1. The maximum Gasteiger partial charge on any atom is 0.118 e. The van der Waals surface area contributed by atoms with Gasteiger partial charge < -0.3 is 57.1 Å². The molecule has 0 aliphatic rings. The summed E-state index contributed by atoms with van der Waals surface area (Å²) >= 11 is 6.37. The van der Waals surface area contributed by atoms with Gasteiger partial charge in [0, 0.05) is 81.5 Å². The van der Waals surface area contributed by atoms with Crippen LogP contribution < -0.4 is 47.3 Å². The van der Waals surface area contributed by atoms with Crippen molar-refractivity contribution in [1.29, 1.82) is 0 Å². The van der Waals surface area contributed by atoms with E-state index in [-0.39, 0.29) is 6.61 Å². The monoisotopic (exact) mass is 1490 g/mol. The minimum absolute atomic E-state index is 0.111. The Balaban J connectivity index is 0.000000258. The molecule has 8 rings (SSSR count). The topological polar surface area (TPSA) is 135 Å². The normalized spacial score (nSPS) is 12.5. The van der Waals surface area contributed by atoms with Crippen LogP contribution in [0.4, 0.5) is 0 Å². The Hall–Kier alpha value is -6.81. The molecule has 4 unspecified atom stereocenters. The van der Waals surface area contributed by atoms with Gasteiger partial charge in [-0.1, -0.05) is 287 Å². The molecule has 8 aromatic carbocycles. The number of methoxy groups -OCH3 is 1. The minimum Gasteiger partial charge on any atom is -0.497 e. The summed E-state index contributed by atoms with van der Waals surface area (Å²) in [6.45, 7) is 38.0. The summed E-state index contributed by atoms with van der Waals surface area (Å²) in [5.74, 6) is 4.23. The predicted molar refractivity (Wildman–Crippen MR) is 465 cm³/mol. The van der Waals surface area contributed by atoms with Gasteiger partial charge in [-0.05, 0) is 206 Å². The van der Waals surface area contributed by atoms with E-state index in [1.165, 1.54) is 81.3 Å². The lowest BCUT2D eigenvalue weighted by atomic mass is 10.0. The molecule has 11 nitrogen and oxygen atoms in total. The lowest BCUT2D eigenvalue weighted by Gasteiger charge is -2.22. The average molecular weight is 1490 g/mol. The first-order valence-corrected chi connectivity index (χ1v) is 41.1. The summed E-state index contributed by atoms with van der Waals surface area (Å²) < 4.78 is 11.0. The molecule has 12 heteroatoms. The van der Waals surface area contributed by atoms with E-state index in [4.69, 9.17) is 26.2 Å². The van der Waals surface area contributed by atoms with Crippen LogP contribution in [-0.2, 0) is 56.7 Å². The molecule has 0 saturated carbocycles.